The van der Waals surface area contributed by atoms with Crippen LogP contribution in [0.15, 0.2) is 53.2 Å². The van der Waals surface area contributed by atoms with Crippen LogP contribution in [-0.4, -0.2) is 54.5 Å². The zero-order chi connectivity index (χ0) is 21.5. The fraction of sp³-hybridized carbons (Fsp3) is 0.318. The van der Waals surface area contributed by atoms with E-state index in [1.165, 1.54) is 22.7 Å². The standard InChI is InChI=1S/C22H24N4O3S2/c27-20(13-17-15-31-22(23-17)25-21(28)19-7-4-12-30-19)24-18(16-5-2-1-3-6-16)14-26-8-10-29-11-9-26/h1-7,12,15,18H,8-11,13-14H2,(H,24,27)(H,23,25,28). The Labute approximate surface area is 189 Å². The molecule has 4 rings (SSSR count). The Morgan fingerprint density at radius 1 is 1.10 bits per heavy atom. The van der Waals surface area contributed by atoms with E-state index >= 15 is 0 Å². The molecule has 3 heterocycles. The van der Waals surface area contributed by atoms with Crippen molar-refractivity contribution in [1.82, 2.24) is 15.2 Å². The quantitative estimate of drug-likeness (QED) is 0.544. The first kappa shape index (κ1) is 21.6. The Balaban J connectivity index is 1.36. The number of aromatic nitrogens is 1. The molecule has 1 aliphatic heterocycles. The Hall–Kier alpha value is -2.59. The number of carbonyl (C=O) groups excluding carboxylic acids is 2. The topological polar surface area (TPSA) is 83.6 Å². The number of anilines is 1. The molecule has 2 N–H and O–H groups in total. The zero-order valence-corrected chi connectivity index (χ0v) is 18.6. The van der Waals surface area contributed by atoms with Crippen LogP contribution in [-0.2, 0) is 16.0 Å². The summed E-state index contributed by atoms with van der Waals surface area (Å²) in [6.07, 6.45) is 0.165. The number of thiophene rings is 1. The molecule has 2 amide bonds. The molecular formula is C22H24N4O3S2. The number of morpholine rings is 1. The van der Waals surface area contributed by atoms with Gasteiger partial charge in [0.15, 0.2) is 5.13 Å². The van der Waals surface area contributed by atoms with E-state index in [0.29, 0.717) is 28.9 Å². The number of thiazole rings is 1. The maximum absolute atomic E-state index is 12.8. The van der Waals surface area contributed by atoms with Crippen molar-refractivity contribution in [2.45, 2.75) is 12.5 Å². The normalized spacial score (nSPS) is 15.4. The smallest absolute Gasteiger partial charge is 0.267 e. The summed E-state index contributed by atoms with van der Waals surface area (Å²) in [5, 5.41) is 10.1. The van der Waals surface area contributed by atoms with Crippen molar-refractivity contribution in [1.29, 1.82) is 0 Å². The van der Waals surface area contributed by atoms with Gasteiger partial charge in [-0.15, -0.1) is 22.7 Å². The predicted molar refractivity (Wildman–Crippen MR) is 123 cm³/mol. The lowest BCUT2D eigenvalue weighted by molar-refractivity contribution is -0.121. The van der Waals surface area contributed by atoms with Crippen LogP contribution >= 0.6 is 22.7 Å². The summed E-state index contributed by atoms with van der Waals surface area (Å²) in [5.41, 5.74) is 1.71. The van der Waals surface area contributed by atoms with Gasteiger partial charge in [-0.25, -0.2) is 4.98 Å². The number of ether oxygens (including phenoxy) is 1. The van der Waals surface area contributed by atoms with Crippen molar-refractivity contribution in [3.63, 3.8) is 0 Å². The number of hydrogen-bond donors (Lipinski definition) is 2. The fourth-order valence-corrected chi connectivity index (χ4v) is 4.71. The zero-order valence-electron chi connectivity index (χ0n) is 17.0. The first-order valence-electron chi connectivity index (χ1n) is 10.1. The third-order valence-corrected chi connectivity index (χ3v) is 6.62. The Bertz CT molecular complexity index is 985. The van der Waals surface area contributed by atoms with Crippen molar-refractivity contribution in [2.75, 3.05) is 38.2 Å². The lowest BCUT2D eigenvalue weighted by atomic mass is 10.1. The summed E-state index contributed by atoms with van der Waals surface area (Å²) < 4.78 is 5.44. The summed E-state index contributed by atoms with van der Waals surface area (Å²) in [6, 6.07) is 13.5. The molecule has 1 aliphatic rings. The van der Waals surface area contributed by atoms with E-state index in [-0.39, 0.29) is 24.3 Å². The summed E-state index contributed by atoms with van der Waals surface area (Å²) >= 11 is 2.70. The minimum atomic E-state index is -0.185. The first-order chi connectivity index (χ1) is 15.2. The van der Waals surface area contributed by atoms with Crippen LogP contribution in [0.3, 0.4) is 0 Å². The Kier molecular flexibility index (Phi) is 7.42. The predicted octanol–water partition coefficient (Wildman–Crippen LogP) is 3.19. The highest BCUT2D eigenvalue weighted by Gasteiger charge is 2.21. The molecule has 0 radical (unpaired) electrons. The summed E-state index contributed by atoms with van der Waals surface area (Å²) in [5.74, 6) is -0.279. The van der Waals surface area contributed by atoms with Crippen LogP contribution in [0.25, 0.3) is 0 Å². The average Bonchev–Trinajstić information content (AvgIpc) is 3.47. The second-order valence-corrected chi connectivity index (χ2v) is 9.00. The molecule has 0 aliphatic carbocycles. The van der Waals surface area contributed by atoms with Crippen LogP contribution < -0.4 is 10.6 Å². The van der Waals surface area contributed by atoms with E-state index in [1.54, 1.807) is 6.07 Å². The fourth-order valence-electron chi connectivity index (χ4n) is 3.38. The van der Waals surface area contributed by atoms with Crippen LogP contribution in [0.4, 0.5) is 5.13 Å². The second kappa shape index (κ2) is 10.6. The van der Waals surface area contributed by atoms with Gasteiger partial charge in [0.25, 0.3) is 5.91 Å². The molecule has 3 aromatic rings. The van der Waals surface area contributed by atoms with Crippen molar-refractivity contribution in [3.8, 4) is 0 Å². The number of amides is 2. The molecule has 2 aromatic heterocycles. The monoisotopic (exact) mass is 456 g/mol. The molecule has 1 saturated heterocycles. The Morgan fingerprint density at radius 3 is 2.65 bits per heavy atom. The number of nitrogens with zero attached hydrogens (tertiary/aromatic N) is 2. The summed E-state index contributed by atoms with van der Waals surface area (Å²) in [6.45, 7) is 3.89. The lowest BCUT2D eigenvalue weighted by Crippen LogP contribution is -2.43. The highest BCUT2D eigenvalue weighted by molar-refractivity contribution is 7.14. The maximum Gasteiger partial charge on any atom is 0.267 e. The van der Waals surface area contributed by atoms with Gasteiger partial charge in [0.05, 0.1) is 36.2 Å². The van der Waals surface area contributed by atoms with Gasteiger partial charge in [-0.05, 0) is 17.0 Å². The van der Waals surface area contributed by atoms with Gasteiger partial charge in [0.2, 0.25) is 5.91 Å². The van der Waals surface area contributed by atoms with E-state index in [1.807, 2.05) is 47.2 Å². The molecule has 1 unspecified atom stereocenters. The Morgan fingerprint density at radius 2 is 1.90 bits per heavy atom. The highest BCUT2D eigenvalue weighted by atomic mass is 32.1. The number of nitrogens with one attached hydrogen (secondary N) is 2. The van der Waals surface area contributed by atoms with Crippen LogP contribution in [0.1, 0.15) is 27.0 Å². The van der Waals surface area contributed by atoms with Crippen LogP contribution in [0.5, 0.6) is 0 Å². The third-order valence-electron chi connectivity index (χ3n) is 4.94. The molecule has 1 aromatic carbocycles. The maximum atomic E-state index is 12.8. The summed E-state index contributed by atoms with van der Waals surface area (Å²) in [7, 11) is 0. The van der Waals surface area contributed by atoms with Gasteiger partial charge >= 0.3 is 0 Å². The van der Waals surface area contributed by atoms with Crippen LogP contribution in [0.2, 0.25) is 0 Å². The van der Waals surface area contributed by atoms with Crippen molar-refractivity contribution >= 4 is 39.6 Å². The van der Waals surface area contributed by atoms with Gasteiger partial charge < -0.3 is 10.1 Å². The molecule has 0 bridgehead atoms. The number of rotatable bonds is 8. The second-order valence-electron chi connectivity index (χ2n) is 7.20. The molecule has 0 spiro atoms. The molecule has 162 valence electrons. The van der Waals surface area contributed by atoms with Crippen molar-refractivity contribution in [2.24, 2.45) is 0 Å². The summed E-state index contributed by atoms with van der Waals surface area (Å²) in [4.78, 5) is 32.3. The minimum Gasteiger partial charge on any atom is -0.379 e. The largest absolute Gasteiger partial charge is 0.379 e. The molecule has 31 heavy (non-hydrogen) atoms. The molecule has 9 heteroatoms. The molecule has 0 saturated carbocycles. The minimum absolute atomic E-state index is 0.0939. The van der Waals surface area contributed by atoms with Gasteiger partial charge in [0, 0.05) is 25.0 Å². The average molecular weight is 457 g/mol. The number of carbonyl (C=O) groups is 2. The SMILES string of the molecule is O=C(Cc1csc(NC(=O)c2cccs2)n1)NC(CN1CCOCC1)c1ccccc1. The number of benzene rings is 1. The molecular weight excluding hydrogens is 432 g/mol. The van der Waals surface area contributed by atoms with Gasteiger partial charge in [-0.2, -0.15) is 0 Å². The van der Waals surface area contributed by atoms with E-state index in [9.17, 15) is 9.59 Å². The van der Waals surface area contributed by atoms with E-state index in [2.05, 4.69) is 20.5 Å². The number of hydrogen-bond acceptors (Lipinski definition) is 7. The highest BCUT2D eigenvalue weighted by Crippen LogP contribution is 2.19. The van der Waals surface area contributed by atoms with Crippen LogP contribution in [0, 0.1) is 0 Å². The van der Waals surface area contributed by atoms with E-state index < -0.39 is 0 Å². The van der Waals surface area contributed by atoms with Gasteiger partial charge in [-0.3, -0.25) is 19.8 Å². The third kappa shape index (κ3) is 6.20. The van der Waals surface area contributed by atoms with Crippen molar-refractivity contribution < 1.29 is 14.3 Å². The van der Waals surface area contributed by atoms with E-state index in [0.717, 1.165) is 25.2 Å². The lowest BCUT2D eigenvalue weighted by Gasteiger charge is -2.31. The van der Waals surface area contributed by atoms with E-state index in [4.69, 9.17) is 4.74 Å². The molecule has 1 atom stereocenters. The van der Waals surface area contributed by atoms with Gasteiger partial charge in [-0.1, -0.05) is 36.4 Å². The molecule has 1 fully saturated rings. The first-order valence-corrected chi connectivity index (χ1v) is 11.9. The molecule has 7 nitrogen and oxygen atoms in total. The van der Waals surface area contributed by atoms with Gasteiger partial charge in [0.1, 0.15) is 0 Å². The van der Waals surface area contributed by atoms with Crippen molar-refractivity contribution in [3.05, 3.63) is 69.4 Å².